The third-order valence-electron chi connectivity index (χ3n) is 2.00. The fourth-order valence-electron chi connectivity index (χ4n) is 1.19. The molecule has 0 saturated carbocycles. The van der Waals surface area contributed by atoms with Crippen LogP contribution in [0.4, 0.5) is 0 Å². The van der Waals surface area contributed by atoms with Crippen LogP contribution in [0.1, 0.15) is 39.5 Å². The van der Waals surface area contributed by atoms with Gasteiger partial charge in [-0.1, -0.05) is 19.8 Å². The van der Waals surface area contributed by atoms with Crippen LogP contribution >= 0.6 is 0 Å². The Hall–Kier alpha value is -1.32. The van der Waals surface area contributed by atoms with Crippen LogP contribution < -0.4 is 5.32 Å². The number of carboxylic acids is 1. The highest BCUT2D eigenvalue weighted by molar-refractivity contribution is 5.89. The maximum Gasteiger partial charge on any atom is 0.352 e. The van der Waals surface area contributed by atoms with Gasteiger partial charge in [-0.25, -0.2) is 4.79 Å². The number of aliphatic carboxylic acids is 1. The lowest BCUT2D eigenvalue weighted by Gasteiger charge is -2.06. The van der Waals surface area contributed by atoms with E-state index < -0.39 is 5.97 Å². The Labute approximate surface area is 84.0 Å². The standard InChI is InChI=1S/C10H17NO3/c1-3-4-5-6-8(2)9(10(13)14)11-7-12/h7H,3-6H2,1-2H3,(H,11,12)(H,13,14)/b9-8-. The highest BCUT2D eigenvalue weighted by Gasteiger charge is 2.09. The molecule has 0 aliphatic carbocycles. The zero-order valence-corrected chi connectivity index (χ0v) is 8.67. The van der Waals surface area contributed by atoms with Crippen molar-refractivity contribution in [1.29, 1.82) is 0 Å². The van der Waals surface area contributed by atoms with Crippen molar-refractivity contribution in [1.82, 2.24) is 5.32 Å². The molecule has 0 rings (SSSR count). The van der Waals surface area contributed by atoms with Crippen molar-refractivity contribution in [3.8, 4) is 0 Å². The van der Waals surface area contributed by atoms with E-state index >= 15 is 0 Å². The first-order valence-corrected chi connectivity index (χ1v) is 4.76. The van der Waals surface area contributed by atoms with Crippen molar-refractivity contribution >= 4 is 12.4 Å². The van der Waals surface area contributed by atoms with E-state index in [1.165, 1.54) is 0 Å². The molecule has 0 atom stereocenters. The third kappa shape index (κ3) is 4.64. The minimum atomic E-state index is -1.08. The van der Waals surface area contributed by atoms with E-state index in [-0.39, 0.29) is 5.70 Å². The van der Waals surface area contributed by atoms with Gasteiger partial charge in [0, 0.05) is 0 Å². The first kappa shape index (κ1) is 12.7. The lowest BCUT2D eigenvalue weighted by atomic mass is 10.1. The fraction of sp³-hybridized carbons (Fsp3) is 0.600. The maximum absolute atomic E-state index is 10.7. The Kier molecular flexibility index (Phi) is 6.45. The zero-order chi connectivity index (χ0) is 11.0. The number of hydrogen-bond donors (Lipinski definition) is 2. The van der Waals surface area contributed by atoms with Gasteiger partial charge in [0.15, 0.2) is 0 Å². The number of carbonyl (C=O) groups excluding carboxylic acids is 1. The predicted octanol–water partition coefficient (Wildman–Crippen LogP) is 1.67. The Morgan fingerprint density at radius 2 is 2.07 bits per heavy atom. The molecule has 0 saturated heterocycles. The Bertz CT molecular complexity index is 234. The first-order chi connectivity index (χ1) is 6.63. The SMILES string of the molecule is CCCCC/C(C)=C(\NC=O)C(=O)O. The van der Waals surface area contributed by atoms with E-state index in [0.717, 1.165) is 31.3 Å². The summed E-state index contributed by atoms with van der Waals surface area (Å²) in [6.45, 7) is 3.82. The third-order valence-corrected chi connectivity index (χ3v) is 2.00. The van der Waals surface area contributed by atoms with Gasteiger partial charge in [0.05, 0.1) is 0 Å². The van der Waals surface area contributed by atoms with Gasteiger partial charge in [0.2, 0.25) is 6.41 Å². The fourth-order valence-corrected chi connectivity index (χ4v) is 1.19. The van der Waals surface area contributed by atoms with Gasteiger partial charge in [-0.15, -0.1) is 0 Å². The molecule has 0 unspecified atom stereocenters. The molecule has 0 fully saturated rings. The summed E-state index contributed by atoms with van der Waals surface area (Å²) in [5, 5.41) is 11.0. The maximum atomic E-state index is 10.7. The Balaban J connectivity index is 4.31. The van der Waals surface area contributed by atoms with Crippen LogP contribution in [0, 0.1) is 0 Å². The smallest absolute Gasteiger partial charge is 0.352 e. The van der Waals surface area contributed by atoms with Crippen LogP contribution in [-0.2, 0) is 9.59 Å². The molecule has 14 heavy (non-hydrogen) atoms. The molecule has 80 valence electrons. The molecule has 0 spiro atoms. The Morgan fingerprint density at radius 1 is 1.43 bits per heavy atom. The largest absolute Gasteiger partial charge is 0.477 e. The highest BCUT2D eigenvalue weighted by Crippen LogP contribution is 2.11. The van der Waals surface area contributed by atoms with Crippen molar-refractivity contribution in [3.05, 3.63) is 11.3 Å². The van der Waals surface area contributed by atoms with Gasteiger partial charge in [0.1, 0.15) is 5.70 Å². The van der Waals surface area contributed by atoms with Crippen LogP contribution in [0.25, 0.3) is 0 Å². The summed E-state index contributed by atoms with van der Waals surface area (Å²) in [4.78, 5) is 20.8. The van der Waals surface area contributed by atoms with Crippen LogP contribution in [-0.4, -0.2) is 17.5 Å². The average Bonchev–Trinajstić information content (AvgIpc) is 2.13. The molecular weight excluding hydrogens is 182 g/mol. The summed E-state index contributed by atoms with van der Waals surface area (Å²) in [6, 6.07) is 0. The molecule has 1 amide bonds. The van der Waals surface area contributed by atoms with Gasteiger partial charge in [-0.2, -0.15) is 0 Å². The summed E-state index contributed by atoms with van der Waals surface area (Å²) in [6.07, 6.45) is 4.24. The minimum absolute atomic E-state index is 0.0103. The van der Waals surface area contributed by atoms with Crippen molar-refractivity contribution < 1.29 is 14.7 Å². The van der Waals surface area contributed by atoms with Crippen LogP contribution in [0.15, 0.2) is 11.3 Å². The lowest BCUT2D eigenvalue weighted by molar-refractivity contribution is -0.133. The molecule has 0 aromatic carbocycles. The van der Waals surface area contributed by atoms with E-state index in [1.54, 1.807) is 6.92 Å². The number of rotatable bonds is 7. The summed E-state index contributed by atoms with van der Waals surface area (Å²) in [7, 11) is 0. The molecular formula is C10H17NO3. The zero-order valence-electron chi connectivity index (χ0n) is 8.67. The van der Waals surface area contributed by atoms with Gasteiger partial charge >= 0.3 is 5.97 Å². The van der Waals surface area contributed by atoms with E-state index in [0.29, 0.717) is 6.41 Å². The number of unbranched alkanes of at least 4 members (excludes halogenated alkanes) is 2. The molecule has 0 aliphatic rings. The molecule has 0 bridgehead atoms. The monoisotopic (exact) mass is 199 g/mol. The highest BCUT2D eigenvalue weighted by atomic mass is 16.4. The van der Waals surface area contributed by atoms with Crippen molar-refractivity contribution in [3.63, 3.8) is 0 Å². The molecule has 0 aromatic heterocycles. The second-order valence-electron chi connectivity index (χ2n) is 3.18. The molecule has 0 radical (unpaired) electrons. The topological polar surface area (TPSA) is 66.4 Å². The number of hydrogen-bond acceptors (Lipinski definition) is 2. The number of carboxylic acid groups (broad SMARTS) is 1. The number of nitrogens with one attached hydrogen (secondary N) is 1. The van der Waals surface area contributed by atoms with Gasteiger partial charge in [-0.3, -0.25) is 4.79 Å². The van der Waals surface area contributed by atoms with Crippen LogP contribution in [0.3, 0.4) is 0 Å². The van der Waals surface area contributed by atoms with Gasteiger partial charge in [0.25, 0.3) is 0 Å². The van der Waals surface area contributed by atoms with Crippen LogP contribution in [0.5, 0.6) is 0 Å². The van der Waals surface area contributed by atoms with E-state index in [9.17, 15) is 9.59 Å². The van der Waals surface area contributed by atoms with E-state index in [4.69, 9.17) is 5.11 Å². The average molecular weight is 199 g/mol. The second kappa shape index (κ2) is 7.12. The van der Waals surface area contributed by atoms with Crippen LogP contribution in [0.2, 0.25) is 0 Å². The quantitative estimate of drug-likeness (QED) is 0.372. The molecule has 4 nitrogen and oxygen atoms in total. The summed E-state index contributed by atoms with van der Waals surface area (Å²) in [5.74, 6) is -1.08. The molecule has 0 heterocycles. The lowest BCUT2D eigenvalue weighted by Crippen LogP contribution is -2.20. The molecule has 0 aromatic rings. The normalized spacial score (nSPS) is 11.9. The summed E-state index contributed by atoms with van der Waals surface area (Å²) in [5.41, 5.74) is 0.731. The molecule has 0 aliphatic heterocycles. The minimum Gasteiger partial charge on any atom is -0.477 e. The number of amides is 1. The van der Waals surface area contributed by atoms with Crippen molar-refractivity contribution in [2.24, 2.45) is 0 Å². The molecule has 4 heteroatoms. The van der Waals surface area contributed by atoms with E-state index in [1.807, 2.05) is 0 Å². The van der Waals surface area contributed by atoms with Gasteiger partial charge < -0.3 is 10.4 Å². The van der Waals surface area contributed by atoms with E-state index in [2.05, 4.69) is 12.2 Å². The second-order valence-corrected chi connectivity index (χ2v) is 3.18. The van der Waals surface area contributed by atoms with Crippen molar-refractivity contribution in [2.45, 2.75) is 39.5 Å². The van der Waals surface area contributed by atoms with Crippen molar-refractivity contribution in [2.75, 3.05) is 0 Å². The summed E-state index contributed by atoms with van der Waals surface area (Å²) >= 11 is 0. The summed E-state index contributed by atoms with van der Waals surface area (Å²) < 4.78 is 0. The first-order valence-electron chi connectivity index (χ1n) is 4.76. The number of allylic oxidation sites excluding steroid dienone is 1. The molecule has 2 N–H and O–H groups in total. The predicted molar refractivity (Wildman–Crippen MR) is 53.7 cm³/mol. The number of carbonyl (C=O) groups is 2. The Morgan fingerprint density at radius 3 is 2.50 bits per heavy atom. The van der Waals surface area contributed by atoms with Gasteiger partial charge in [-0.05, 0) is 25.3 Å².